The molecule has 0 aromatic heterocycles. The zero-order valence-electron chi connectivity index (χ0n) is 9.99. The quantitative estimate of drug-likeness (QED) is 0.850. The first kappa shape index (κ1) is 12.2. The Morgan fingerprint density at radius 3 is 2.63 bits per heavy atom. The average molecular weight is 276 g/mol. The molecule has 3 rings (SSSR count). The summed E-state index contributed by atoms with van der Waals surface area (Å²) in [6, 6.07) is 11.8. The number of amides is 1. The second-order valence-corrected chi connectivity index (χ2v) is 4.97. The first-order chi connectivity index (χ1) is 9.15. The minimum Gasteiger partial charge on any atom is -0.345 e. The number of carbonyl (C=O) groups is 1. The second kappa shape index (κ2) is 4.67. The van der Waals surface area contributed by atoms with E-state index in [1.807, 2.05) is 18.2 Å². The van der Waals surface area contributed by atoms with Crippen molar-refractivity contribution in [1.82, 2.24) is 5.32 Å². The fourth-order valence-corrected chi connectivity index (χ4v) is 2.53. The number of hydrogen-bond donors (Lipinski definition) is 1. The monoisotopic (exact) mass is 275 g/mol. The third kappa shape index (κ3) is 2.22. The Bertz CT molecular complexity index is 639. The lowest BCUT2D eigenvalue weighted by Crippen LogP contribution is -2.36. The van der Waals surface area contributed by atoms with Crippen LogP contribution in [-0.4, -0.2) is 5.91 Å². The van der Waals surface area contributed by atoms with Gasteiger partial charge >= 0.3 is 0 Å². The van der Waals surface area contributed by atoms with Gasteiger partial charge in [-0.05, 0) is 29.3 Å². The van der Waals surface area contributed by atoms with Crippen molar-refractivity contribution >= 4 is 17.5 Å². The molecular weight excluding hydrogens is 265 g/mol. The first-order valence-corrected chi connectivity index (χ1v) is 6.35. The molecule has 0 bridgehead atoms. The van der Waals surface area contributed by atoms with Crippen LogP contribution in [0.4, 0.5) is 4.39 Å². The van der Waals surface area contributed by atoms with Gasteiger partial charge < -0.3 is 5.32 Å². The van der Waals surface area contributed by atoms with Crippen LogP contribution in [0.15, 0.2) is 42.5 Å². The molecule has 1 aliphatic heterocycles. The van der Waals surface area contributed by atoms with Gasteiger partial charge in [0, 0.05) is 10.6 Å². The summed E-state index contributed by atoms with van der Waals surface area (Å²) in [5, 5.41) is 3.52. The Labute approximate surface area is 115 Å². The molecule has 19 heavy (non-hydrogen) atoms. The van der Waals surface area contributed by atoms with E-state index in [0.717, 1.165) is 11.1 Å². The van der Waals surface area contributed by atoms with E-state index >= 15 is 0 Å². The Balaban J connectivity index is 2.11. The van der Waals surface area contributed by atoms with Gasteiger partial charge in [0.1, 0.15) is 5.82 Å². The molecule has 1 unspecified atom stereocenters. The van der Waals surface area contributed by atoms with E-state index in [2.05, 4.69) is 5.32 Å². The third-order valence-corrected chi connectivity index (χ3v) is 3.56. The van der Waals surface area contributed by atoms with Crippen LogP contribution in [0.3, 0.4) is 0 Å². The first-order valence-electron chi connectivity index (χ1n) is 5.97. The van der Waals surface area contributed by atoms with Crippen LogP contribution in [0.5, 0.6) is 0 Å². The fourth-order valence-electron chi connectivity index (χ4n) is 2.40. The van der Waals surface area contributed by atoms with Crippen LogP contribution < -0.4 is 5.32 Å². The number of fused-ring (bicyclic) bond motifs is 1. The van der Waals surface area contributed by atoms with Gasteiger partial charge in [-0.1, -0.05) is 35.9 Å². The highest BCUT2D eigenvalue weighted by atomic mass is 35.5. The maximum absolute atomic E-state index is 13.8. The normalized spacial score (nSPS) is 17.8. The van der Waals surface area contributed by atoms with Crippen molar-refractivity contribution in [2.24, 2.45) is 0 Å². The van der Waals surface area contributed by atoms with Gasteiger partial charge in [0.05, 0.1) is 12.5 Å². The maximum atomic E-state index is 13.8. The molecule has 1 atom stereocenters. The molecule has 96 valence electrons. The predicted molar refractivity (Wildman–Crippen MR) is 71.5 cm³/mol. The van der Waals surface area contributed by atoms with Gasteiger partial charge in [0.15, 0.2) is 0 Å². The van der Waals surface area contributed by atoms with Crippen LogP contribution in [0.25, 0.3) is 0 Å². The molecule has 1 amide bonds. The molecule has 2 aromatic carbocycles. The molecule has 2 aromatic rings. The van der Waals surface area contributed by atoms with Gasteiger partial charge in [0.2, 0.25) is 5.91 Å². The lowest BCUT2D eigenvalue weighted by molar-refractivity contribution is -0.121. The molecule has 0 fully saturated rings. The summed E-state index contributed by atoms with van der Waals surface area (Å²) < 4.78 is 13.8. The Kier molecular flexibility index (Phi) is 2.99. The van der Waals surface area contributed by atoms with Crippen molar-refractivity contribution in [3.8, 4) is 0 Å². The number of benzene rings is 2. The molecule has 1 heterocycles. The topological polar surface area (TPSA) is 29.1 Å². The largest absolute Gasteiger partial charge is 0.345 e. The van der Waals surface area contributed by atoms with Crippen LogP contribution in [0.2, 0.25) is 5.02 Å². The zero-order chi connectivity index (χ0) is 13.4. The standard InChI is InChI=1S/C15H11ClFNO/c16-10-6-4-9(5-7-10)15-11-2-1-3-13(17)12(11)8-14(19)18-15/h1-7,15H,8H2,(H,18,19). The third-order valence-electron chi connectivity index (χ3n) is 3.31. The van der Waals surface area contributed by atoms with Crippen LogP contribution in [0.1, 0.15) is 22.7 Å². The summed E-state index contributed by atoms with van der Waals surface area (Å²) in [5.74, 6) is -0.496. The molecule has 0 saturated carbocycles. The van der Waals surface area contributed by atoms with Crippen LogP contribution in [-0.2, 0) is 11.2 Å². The van der Waals surface area contributed by atoms with Crippen molar-refractivity contribution < 1.29 is 9.18 Å². The van der Waals surface area contributed by atoms with Gasteiger partial charge in [-0.25, -0.2) is 4.39 Å². The van der Waals surface area contributed by atoms with E-state index in [-0.39, 0.29) is 24.2 Å². The molecule has 1 aliphatic rings. The second-order valence-electron chi connectivity index (χ2n) is 4.54. The van der Waals surface area contributed by atoms with Crippen LogP contribution >= 0.6 is 11.6 Å². The predicted octanol–water partition coefficient (Wildman–Crippen LogP) is 3.24. The molecule has 4 heteroatoms. The Morgan fingerprint density at radius 2 is 1.89 bits per heavy atom. The zero-order valence-corrected chi connectivity index (χ0v) is 10.7. The lowest BCUT2D eigenvalue weighted by atomic mass is 9.89. The van der Waals surface area contributed by atoms with E-state index in [1.54, 1.807) is 18.2 Å². The number of halogens is 2. The number of hydrogen-bond acceptors (Lipinski definition) is 1. The van der Waals surface area contributed by atoms with E-state index < -0.39 is 0 Å². The van der Waals surface area contributed by atoms with Crippen molar-refractivity contribution in [3.63, 3.8) is 0 Å². The Morgan fingerprint density at radius 1 is 1.16 bits per heavy atom. The van der Waals surface area contributed by atoms with Crippen molar-refractivity contribution in [1.29, 1.82) is 0 Å². The summed E-state index contributed by atoms with van der Waals surface area (Å²) in [5.41, 5.74) is 2.18. The van der Waals surface area contributed by atoms with Gasteiger partial charge in [-0.2, -0.15) is 0 Å². The van der Waals surface area contributed by atoms with Gasteiger partial charge in [-0.15, -0.1) is 0 Å². The van der Waals surface area contributed by atoms with Gasteiger partial charge in [-0.3, -0.25) is 4.79 Å². The highest BCUT2D eigenvalue weighted by molar-refractivity contribution is 6.30. The van der Waals surface area contributed by atoms with E-state index in [4.69, 9.17) is 11.6 Å². The summed E-state index contributed by atoms with van der Waals surface area (Å²) in [6.45, 7) is 0. The maximum Gasteiger partial charge on any atom is 0.225 e. The molecular formula is C15H11ClFNO. The number of nitrogens with one attached hydrogen (secondary N) is 1. The molecule has 0 saturated heterocycles. The van der Waals surface area contributed by atoms with Gasteiger partial charge in [0.25, 0.3) is 0 Å². The minimum absolute atomic E-state index is 0.0894. The molecule has 1 N–H and O–H groups in total. The minimum atomic E-state index is -0.327. The van der Waals surface area contributed by atoms with E-state index in [0.29, 0.717) is 10.6 Å². The molecule has 0 radical (unpaired) electrons. The number of rotatable bonds is 1. The molecule has 0 aliphatic carbocycles. The summed E-state index contributed by atoms with van der Waals surface area (Å²) in [7, 11) is 0. The number of carbonyl (C=O) groups excluding carboxylic acids is 1. The van der Waals surface area contributed by atoms with E-state index in [9.17, 15) is 9.18 Å². The summed E-state index contributed by atoms with van der Waals surface area (Å²) >= 11 is 5.86. The molecule has 0 spiro atoms. The highest BCUT2D eigenvalue weighted by Crippen LogP contribution is 2.30. The van der Waals surface area contributed by atoms with Crippen molar-refractivity contribution in [2.75, 3.05) is 0 Å². The molecule has 2 nitrogen and oxygen atoms in total. The summed E-state index contributed by atoms with van der Waals surface area (Å²) in [4.78, 5) is 11.7. The van der Waals surface area contributed by atoms with Crippen LogP contribution in [0, 0.1) is 5.82 Å². The summed E-state index contributed by atoms with van der Waals surface area (Å²) in [6.07, 6.45) is 0.0894. The fraction of sp³-hybridized carbons (Fsp3) is 0.133. The smallest absolute Gasteiger partial charge is 0.225 e. The van der Waals surface area contributed by atoms with Crippen molar-refractivity contribution in [2.45, 2.75) is 12.5 Å². The van der Waals surface area contributed by atoms with E-state index in [1.165, 1.54) is 6.07 Å². The Hall–Kier alpha value is -1.87. The SMILES string of the molecule is O=C1Cc2c(F)cccc2C(c2ccc(Cl)cc2)N1. The lowest BCUT2D eigenvalue weighted by Gasteiger charge is -2.27. The highest BCUT2D eigenvalue weighted by Gasteiger charge is 2.27. The average Bonchev–Trinajstić information content (AvgIpc) is 2.40. The van der Waals surface area contributed by atoms with Crippen molar-refractivity contribution in [3.05, 3.63) is 70.0 Å².